The molecule has 1 atom stereocenters. The third-order valence-corrected chi connectivity index (χ3v) is 5.78. The molecule has 0 aliphatic carbocycles. The van der Waals surface area contributed by atoms with Gasteiger partial charge in [-0.2, -0.15) is 8.42 Å². The van der Waals surface area contributed by atoms with Gasteiger partial charge in [0.1, 0.15) is 10.6 Å². The first kappa shape index (κ1) is 21.5. The summed E-state index contributed by atoms with van der Waals surface area (Å²) in [6, 6.07) is 24.1. The highest BCUT2D eigenvalue weighted by molar-refractivity contribution is 7.87. The molecule has 0 aromatic heterocycles. The fourth-order valence-electron chi connectivity index (χ4n) is 2.91. The Morgan fingerprint density at radius 2 is 1.50 bits per heavy atom. The highest BCUT2D eigenvalue weighted by Crippen LogP contribution is 2.24. The van der Waals surface area contributed by atoms with Crippen molar-refractivity contribution in [2.75, 3.05) is 7.11 Å². The van der Waals surface area contributed by atoms with Gasteiger partial charge < -0.3 is 14.2 Å². The van der Waals surface area contributed by atoms with Gasteiger partial charge in [0.2, 0.25) is 0 Å². The maximum absolute atomic E-state index is 12.4. The Balaban J connectivity index is 1.73. The molecule has 0 heterocycles. The van der Waals surface area contributed by atoms with Crippen LogP contribution >= 0.6 is 0 Å². The van der Waals surface area contributed by atoms with Crippen molar-refractivity contribution < 1.29 is 22.1 Å². The molecule has 0 amide bonds. The van der Waals surface area contributed by atoms with Crippen molar-refractivity contribution in [2.24, 2.45) is 0 Å². The van der Waals surface area contributed by atoms with E-state index < -0.39 is 10.1 Å². The number of esters is 1. The van der Waals surface area contributed by atoms with E-state index in [0.29, 0.717) is 6.54 Å². The molecule has 0 saturated heterocycles. The fourth-order valence-corrected chi connectivity index (χ4v) is 3.86. The molecule has 7 heteroatoms. The molecule has 0 fully saturated rings. The molecule has 0 spiro atoms. The smallest absolute Gasteiger partial charge is 0.339 e. The quantitative estimate of drug-likeness (QED) is 0.414. The summed E-state index contributed by atoms with van der Waals surface area (Å²) in [7, 11) is -2.56. The number of carbonyl (C=O) groups excluding carboxylic acids is 1. The van der Waals surface area contributed by atoms with Gasteiger partial charge >= 0.3 is 16.1 Å². The molecule has 0 saturated carbocycles. The van der Waals surface area contributed by atoms with Gasteiger partial charge in [-0.15, -0.1) is 0 Å². The molecule has 0 aliphatic rings. The van der Waals surface area contributed by atoms with Gasteiger partial charge in [0.25, 0.3) is 0 Å². The highest BCUT2D eigenvalue weighted by Gasteiger charge is 2.19. The number of hydrogen-bond donors (Lipinski definition) is 1. The first-order valence-corrected chi connectivity index (χ1v) is 10.8. The third-order valence-electron chi connectivity index (χ3n) is 4.51. The summed E-state index contributed by atoms with van der Waals surface area (Å²) in [5.74, 6) is -0.143. The van der Waals surface area contributed by atoms with Gasteiger partial charge in [-0.3, -0.25) is 4.79 Å². The van der Waals surface area contributed by atoms with E-state index in [-0.39, 0.29) is 29.1 Å². The van der Waals surface area contributed by atoms with E-state index in [9.17, 15) is 13.2 Å². The van der Waals surface area contributed by atoms with E-state index >= 15 is 0 Å². The van der Waals surface area contributed by atoms with E-state index in [4.69, 9.17) is 8.92 Å². The lowest BCUT2D eigenvalue weighted by atomic mass is 10.0. The van der Waals surface area contributed by atoms with Crippen LogP contribution < -0.4 is 9.50 Å². The largest absolute Gasteiger partial charge is 0.469 e. The number of benzene rings is 3. The van der Waals surface area contributed by atoms with Gasteiger partial charge in [-0.05, 0) is 35.4 Å². The normalized spacial score (nSPS) is 12.2. The molecular weight excluding hydrogens is 402 g/mol. The number of hydrogen-bond acceptors (Lipinski definition) is 6. The van der Waals surface area contributed by atoms with Crippen molar-refractivity contribution in [1.82, 2.24) is 5.32 Å². The first-order chi connectivity index (χ1) is 14.5. The summed E-state index contributed by atoms with van der Waals surface area (Å²) >= 11 is 0. The minimum Gasteiger partial charge on any atom is -0.469 e. The Hall–Kier alpha value is -3.16. The molecule has 1 unspecified atom stereocenters. The molecule has 1 N–H and O–H groups in total. The summed E-state index contributed by atoms with van der Waals surface area (Å²) in [6.45, 7) is 0.573. The standard InChI is InChI=1S/C23H23NO5S/c1-28-23(25)16-22(24-17-18-8-4-2-5-9-18)19-12-14-20(15-13-19)29-30(26,27)21-10-6-3-7-11-21/h2-15,22,24H,16-17H2,1H3. The molecule has 6 nitrogen and oxygen atoms in total. The van der Waals surface area contributed by atoms with Crippen LogP contribution in [0.25, 0.3) is 0 Å². The van der Waals surface area contributed by atoms with Crippen LogP contribution in [0.4, 0.5) is 0 Å². The van der Waals surface area contributed by atoms with Crippen LogP contribution in [0.3, 0.4) is 0 Å². The fraction of sp³-hybridized carbons (Fsp3) is 0.174. The molecule has 0 radical (unpaired) electrons. The summed E-state index contributed by atoms with van der Waals surface area (Å²) in [4.78, 5) is 11.9. The zero-order chi connectivity index (χ0) is 21.4. The number of ether oxygens (including phenoxy) is 1. The predicted octanol–water partition coefficient (Wildman–Crippen LogP) is 3.85. The second-order valence-electron chi connectivity index (χ2n) is 6.62. The molecule has 3 aromatic rings. The van der Waals surface area contributed by atoms with E-state index in [2.05, 4.69) is 5.32 Å². The number of nitrogens with one attached hydrogen (secondary N) is 1. The van der Waals surface area contributed by atoms with Crippen molar-refractivity contribution in [3.63, 3.8) is 0 Å². The minimum absolute atomic E-state index is 0.0853. The maximum atomic E-state index is 12.4. The molecule has 156 valence electrons. The maximum Gasteiger partial charge on any atom is 0.339 e. The van der Waals surface area contributed by atoms with Crippen molar-refractivity contribution in [1.29, 1.82) is 0 Å². The van der Waals surface area contributed by atoms with Crippen LogP contribution in [0, 0.1) is 0 Å². The Kier molecular flexibility index (Phi) is 7.21. The van der Waals surface area contributed by atoms with Crippen LogP contribution in [-0.4, -0.2) is 21.5 Å². The molecular formula is C23H23NO5S. The summed E-state index contributed by atoms with van der Waals surface area (Å²) < 4.78 is 34.8. The molecule has 0 aliphatic heterocycles. The lowest BCUT2D eigenvalue weighted by Crippen LogP contribution is -2.24. The Labute approximate surface area is 176 Å². The van der Waals surface area contributed by atoms with E-state index in [1.165, 1.54) is 19.2 Å². The van der Waals surface area contributed by atoms with E-state index in [1.807, 2.05) is 30.3 Å². The summed E-state index contributed by atoms with van der Waals surface area (Å²) in [5.41, 5.74) is 1.90. The average Bonchev–Trinajstić information content (AvgIpc) is 2.78. The van der Waals surface area contributed by atoms with Gasteiger partial charge in [0.15, 0.2) is 0 Å². The van der Waals surface area contributed by atoms with Crippen molar-refractivity contribution in [3.8, 4) is 5.75 Å². The minimum atomic E-state index is -3.91. The van der Waals surface area contributed by atoms with Crippen molar-refractivity contribution in [2.45, 2.75) is 23.9 Å². The van der Waals surface area contributed by atoms with Gasteiger partial charge in [-0.1, -0.05) is 60.7 Å². The first-order valence-electron chi connectivity index (χ1n) is 9.41. The lowest BCUT2D eigenvalue weighted by Gasteiger charge is -2.19. The van der Waals surface area contributed by atoms with Crippen LogP contribution in [0.2, 0.25) is 0 Å². The summed E-state index contributed by atoms with van der Waals surface area (Å²) in [6.07, 6.45) is 0.145. The average molecular weight is 426 g/mol. The van der Waals surface area contributed by atoms with Crippen molar-refractivity contribution >= 4 is 16.1 Å². The van der Waals surface area contributed by atoms with Crippen LogP contribution in [-0.2, 0) is 26.2 Å². The molecule has 30 heavy (non-hydrogen) atoms. The third kappa shape index (κ3) is 5.92. The zero-order valence-corrected chi connectivity index (χ0v) is 17.3. The van der Waals surface area contributed by atoms with Gasteiger partial charge in [-0.25, -0.2) is 0 Å². The highest BCUT2D eigenvalue weighted by atomic mass is 32.2. The van der Waals surface area contributed by atoms with Crippen molar-refractivity contribution in [3.05, 3.63) is 96.1 Å². The SMILES string of the molecule is COC(=O)CC(NCc1ccccc1)c1ccc(OS(=O)(=O)c2ccccc2)cc1. The molecule has 3 aromatic carbocycles. The van der Waals surface area contributed by atoms with Crippen LogP contribution in [0.1, 0.15) is 23.6 Å². The second-order valence-corrected chi connectivity index (χ2v) is 8.17. The topological polar surface area (TPSA) is 81.7 Å². The van der Waals surface area contributed by atoms with Crippen LogP contribution in [0.15, 0.2) is 89.8 Å². The molecule has 3 rings (SSSR count). The summed E-state index contributed by atoms with van der Waals surface area (Å²) in [5, 5.41) is 3.35. The Morgan fingerprint density at radius 3 is 2.10 bits per heavy atom. The van der Waals surface area contributed by atoms with E-state index in [0.717, 1.165) is 11.1 Å². The Morgan fingerprint density at radius 1 is 0.900 bits per heavy atom. The number of rotatable bonds is 9. The zero-order valence-electron chi connectivity index (χ0n) is 16.5. The Bertz CT molecular complexity index is 1050. The monoisotopic (exact) mass is 425 g/mol. The number of methoxy groups -OCH3 is 1. The lowest BCUT2D eigenvalue weighted by molar-refractivity contribution is -0.141. The predicted molar refractivity (Wildman–Crippen MR) is 113 cm³/mol. The van der Waals surface area contributed by atoms with E-state index in [1.54, 1.807) is 42.5 Å². The molecule has 0 bridgehead atoms. The number of carbonyl (C=O) groups is 1. The van der Waals surface area contributed by atoms with Gasteiger partial charge in [0.05, 0.1) is 13.5 Å². The van der Waals surface area contributed by atoms with Gasteiger partial charge in [0, 0.05) is 12.6 Å². The van der Waals surface area contributed by atoms with Crippen LogP contribution in [0.5, 0.6) is 5.75 Å². The second kappa shape index (κ2) is 10.0.